The topological polar surface area (TPSA) is 76.1 Å². The van der Waals surface area contributed by atoms with Crippen molar-refractivity contribution >= 4 is 40.5 Å². The number of rotatable bonds is 7. The van der Waals surface area contributed by atoms with Gasteiger partial charge in [-0.15, -0.1) is 0 Å². The highest BCUT2D eigenvalue weighted by atomic mass is 127. The highest BCUT2D eigenvalue weighted by molar-refractivity contribution is 14.1. The number of allylic oxidation sites excluding steroid dienone is 2. The second-order valence-corrected chi connectivity index (χ2v) is 10.6. The number of fused-ring (bicyclic) bond motifs is 3. The summed E-state index contributed by atoms with van der Waals surface area (Å²) in [7, 11) is 1.55. The molecule has 4 rings (SSSR count). The van der Waals surface area contributed by atoms with E-state index in [1.54, 1.807) is 7.11 Å². The van der Waals surface area contributed by atoms with Gasteiger partial charge in [0.25, 0.3) is 0 Å². The summed E-state index contributed by atoms with van der Waals surface area (Å²) in [6.07, 6.45) is 5.26. The molecule has 2 heterocycles. The molecule has 0 bridgehead atoms. The third-order valence-corrected chi connectivity index (χ3v) is 8.00. The maximum absolute atomic E-state index is 13.1. The zero-order valence-corrected chi connectivity index (χ0v) is 21.8. The maximum atomic E-state index is 13.1. The summed E-state index contributed by atoms with van der Waals surface area (Å²) in [5, 5.41) is 10.1. The summed E-state index contributed by atoms with van der Waals surface area (Å²) in [4.78, 5) is 27.4. The number of nitrogens with zero attached hydrogens (tertiary/aromatic N) is 1. The molecular weight excluding hydrogens is 533 g/mol. The van der Waals surface area contributed by atoms with Gasteiger partial charge < -0.3 is 14.6 Å². The van der Waals surface area contributed by atoms with E-state index in [2.05, 4.69) is 42.5 Å². The molecule has 0 saturated carbocycles. The number of ether oxygens (including phenoxy) is 2. The largest absolute Gasteiger partial charge is 0.504 e. The number of aromatic hydroxyl groups is 1. The molecule has 2 amide bonds. The smallest absolute Gasteiger partial charge is 0.233 e. The van der Waals surface area contributed by atoms with Crippen LogP contribution in [0.1, 0.15) is 52.0 Å². The van der Waals surface area contributed by atoms with Crippen molar-refractivity contribution in [3.05, 3.63) is 38.0 Å². The molecular formula is C26H32INO5. The van der Waals surface area contributed by atoms with Crippen LogP contribution in [-0.2, 0) is 14.3 Å². The molecule has 6 nitrogen and oxygen atoms in total. The number of phenols is 1. The summed E-state index contributed by atoms with van der Waals surface area (Å²) in [6, 6.07) is 3.77. The van der Waals surface area contributed by atoms with Gasteiger partial charge in [0.1, 0.15) is 0 Å². The molecule has 1 aromatic rings. The lowest BCUT2D eigenvalue weighted by Crippen LogP contribution is -2.34. The monoisotopic (exact) mass is 565 g/mol. The van der Waals surface area contributed by atoms with E-state index in [-0.39, 0.29) is 41.4 Å². The number of benzene rings is 1. The normalized spacial score (nSPS) is 27.3. The molecule has 0 radical (unpaired) electrons. The average molecular weight is 565 g/mol. The molecule has 0 unspecified atom stereocenters. The molecule has 2 saturated heterocycles. The van der Waals surface area contributed by atoms with Gasteiger partial charge in [0.05, 0.1) is 35.2 Å². The summed E-state index contributed by atoms with van der Waals surface area (Å²) >= 11 is 2.10. The second kappa shape index (κ2) is 9.78. The van der Waals surface area contributed by atoms with Gasteiger partial charge in [-0.25, -0.2) is 0 Å². The van der Waals surface area contributed by atoms with E-state index in [0.717, 1.165) is 28.4 Å². The van der Waals surface area contributed by atoms with Gasteiger partial charge >= 0.3 is 0 Å². The molecule has 1 N–H and O–H groups in total. The van der Waals surface area contributed by atoms with Gasteiger partial charge in [-0.1, -0.05) is 24.1 Å². The van der Waals surface area contributed by atoms with Crippen LogP contribution in [0.5, 0.6) is 11.5 Å². The number of likely N-dealkylation sites (tertiary alicyclic amines) is 1. The third-order valence-electron chi connectivity index (χ3n) is 7.18. The van der Waals surface area contributed by atoms with Crippen LogP contribution in [0, 0.1) is 21.3 Å². The van der Waals surface area contributed by atoms with Crippen molar-refractivity contribution in [3.8, 4) is 11.5 Å². The Hall–Kier alpha value is -1.87. The van der Waals surface area contributed by atoms with E-state index in [1.165, 1.54) is 21.6 Å². The maximum Gasteiger partial charge on any atom is 0.233 e. The molecule has 0 spiro atoms. The first-order valence-electron chi connectivity index (χ1n) is 11.7. The first kappa shape index (κ1) is 24.3. The summed E-state index contributed by atoms with van der Waals surface area (Å²) in [6.45, 7) is 7.23. The van der Waals surface area contributed by atoms with Crippen molar-refractivity contribution in [2.75, 3.05) is 20.3 Å². The number of amides is 2. The third kappa shape index (κ3) is 4.46. The average Bonchev–Trinajstić information content (AvgIpc) is 3.30. The molecule has 1 aliphatic carbocycles. The predicted octanol–water partition coefficient (Wildman–Crippen LogP) is 4.94. The molecule has 1 aromatic carbocycles. The number of phenolic OH excluding ortho intramolecular Hbond substituents is 1. The Morgan fingerprint density at radius 3 is 2.76 bits per heavy atom. The van der Waals surface area contributed by atoms with Crippen molar-refractivity contribution in [1.82, 2.24) is 4.90 Å². The second-order valence-electron chi connectivity index (χ2n) is 9.41. The highest BCUT2D eigenvalue weighted by Gasteiger charge is 2.56. The Labute approximate surface area is 209 Å². The lowest BCUT2D eigenvalue weighted by atomic mass is 9.70. The number of halogens is 1. The fourth-order valence-electron chi connectivity index (χ4n) is 5.69. The van der Waals surface area contributed by atoms with Crippen LogP contribution in [0.3, 0.4) is 0 Å². The molecule has 2 aliphatic heterocycles. The number of hydrogen-bond acceptors (Lipinski definition) is 5. The van der Waals surface area contributed by atoms with Crippen LogP contribution in [0.4, 0.5) is 0 Å². The van der Waals surface area contributed by atoms with Crippen LogP contribution in [0.25, 0.3) is 6.08 Å². The standard InChI is InChI=1S/C26H32INO5/c1-5-8-28-25(30)17-10-15(3)22-18(23(17)26(28)31)13-33-20(22)7-6-14(2)9-16-11-19(27)24(29)21(12-16)32-4/h9,11-12,17-18,20,23,29H,5-8,10,13H2,1-4H3/b14-9+/t17-,18+,20-,23-/m1/s1. The molecule has 7 heteroatoms. The lowest BCUT2D eigenvalue weighted by molar-refractivity contribution is -0.140. The van der Waals surface area contributed by atoms with E-state index < -0.39 is 0 Å². The number of hydrogen-bond donors (Lipinski definition) is 1. The Morgan fingerprint density at radius 2 is 2.06 bits per heavy atom. The lowest BCUT2D eigenvalue weighted by Gasteiger charge is -2.30. The van der Waals surface area contributed by atoms with Crippen LogP contribution in [-0.4, -0.2) is 48.2 Å². The number of imide groups is 1. The van der Waals surface area contributed by atoms with Crippen LogP contribution >= 0.6 is 22.6 Å². The van der Waals surface area contributed by atoms with Gasteiger partial charge in [0.2, 0.25) is 11.8 Å². The first-order chi connectivity index (χ1) is 15.8. The van der Waals surface area contributed by atoms with E-state index in [9.17, 15) is 14.7 Å². The molecule has 2 fully saturated rings. The van der Waals surface area contributed by atoms with Gasteiger partial charge in [0, 0.05) is 12.5 Å². The molecule has 0 aromatic heterocycles. The van der Waals surface area contributed by atoms with Gasteiger partial charge in [-0.05, 0) is 85.4 Å². The SMILES string of the molecule is CCCN1C(=O)[C@@H]2[C@@H](CC(C)=C3[C@@H](CC/C(C)=C/c4cc(I)c(O)c(OC)c4)OC[C@@H]32)C1=O. The zero-order chi connectivity index (χ0) is 23.9. The molecule has 33 heavy (non-hydrogen) atoms. The van der Waals surface area contributed by atoms with Crippen molar-refractivity contribution < 1.29 is 24.2 Å². The van der Waals surface area contributed by atoms with Crippen LogP contribution in [0.2, 0.25) is 0 Å². The fraction of sp³-hybridized carbons (Fsp3) is 0.538. The Morgan fingerprint density at radius 1 is 1.30 bits per heavy atom. The summed E-state index contributed by atoms with van der Waals surface area (Å²) in [5.41, 5.74) is 4.67. The van der Waals surface area contributed by atoms with E-state index in [1.807, 2.05) is 19.1 Å². The first-order valence-corrected chi connectivity index (χ1v) is 12.7. The summed E-state index contributed by atoms with van der Waals surface area (Å²) < 4.78 is 12.2. The van der Waals surface area contributed by atoms with Gasteiger partial charge in [-0.3, -0.25) is 14.5 Å². The minimum atomic E-state index is -0.254. The van der Waals surface area contributed by atoms with Crippen molar-refractivity contribution in [2.24, 2.45) is 17.8 Å². The van der Waals surface area contributed by atoms with E-state index >= 15 is 0 Å². The Balaban J connectivity index is 1.47. The molecule has 3 aliphatic rings. The number of carbonyl (C=O) groups is 2. The van der Waals surface area contributed by atoms with Crippen molar-refractivity contribution in [2.45, 2.75) is 52.6 Å². The Bertz CT molecular complexity index is 1030. The predicted molar refractivity (Wildman–Crippen MR) is 135 cm³/mol. The van der Waals surface area contributed by atoms with Gasteiger partial charge in [0.15, 0.2) is 11.5 Å². The minimum absolute atomic E-state index is 0.00180. The van der Waals surface area contributed by atoms with Crippen LogP contribution in [0.15, 0.2) is 28.9 Å². The number of methoxy groups -OCH3 is 1. The minimum Gasteiger partial charge on any atom is -0.504 e. The summed E-state index contributed by atoms with van der Waals surface area (Å²) in [5.74, 6) is 0.190. The van der Waals surface area contributed by atoms with E-state index in [4.69, 9.17) is 9.47 Å². The Kier molecular flexibility index (Phi) is 7.19. The quantitative estimate of drug-likeness (QED) is 0.288. The number of carbonyl (C=O) groups excluding carboxylic acids is 2. The van der Waals surface area contributed by atoms with Crippen LogP contribution < -0.4 is 4.74 Å². The highest BCUT2D eigenvalue weighted by Crippen LogP contribution is 2.49. The fourth-order valence-corrected chi connectivity index (χ4v) is 6.31. The zero-order valence-electron chi connectivity index (χ0n) is 19.7. The van der Waals surface area contributed by atoms with Gasteiger partial charge in [-0.2, -0.15) is 0 Å². The van der Waals surface area contributed by atoms with E-state index in [0.29, 0.717) is 25.3 Å². The molecule has 178 valence electrons. The van der Waals surface area contributed by atoms with Crippen molar-refractivity contribution in [1.29, 1.82) is 0 Å². The molecule has 4 atom stereocenters. The van der Waals surface area contributed by atoms with Crippen molar-refractivity contribution in [3.63, 3.8) is 0 Å².